The Kier molecular flexibility index (Phi) is 7.32. The molecule has 0 radical (unpaired) electrons. The van der Waals surface area contributed by atoms with Gasteiger partial charge in [0.15, 0.2) is 15.8 Å². The predicted molar refractivity (Wildman–Crippen MR) is 131 cm³/mol. The van der Waals surface area contributed by atoms with Crippen LogP contribution in [-0.2, 0) is 17.8 Å². The largest absolute Gasteiger partial charge is 0.493 e. The van der Waals surface area contributed by atoms with Gasteiger partial charge in [-0.2, -0.15) is 0 Å². The third-order valence-corrected chi connectivity index (χ3v) is 7.37. The summed E-state index contributed by atoms with van der Waals surface area (Å²) in [5, 5.41) is 5.22. The Balaban J connectivity index is 1.47. The predicted octanol–water partition coefficient (Wildman–Crippen LogP) is 5.08. The molecule has 4 aromatic rings. The highest BCUT2D eigenvalue weighted by atomic mass is 35.5. The molecule has 7 nitrogen and oxygen atoms in total. The molecule has 0 aliphatic rings. The van der Waals surface area contributed by atoms with E-state index in [9.17, 15) is 4.79 Å². The van der Waals surface area contributed by atoms with Gasteiger partial charge < -0.3 is 14.8 Å². The second-order valence-corrected chi connectivity index (χ2v) is 9.83. The van der Waals surface area contributed by atoms with E-state index in [1.54, 1.807) is 14.2 Å². The molecule has 4 rings (SSSR count). The molecule has 0 aliphatic heterocycles. The number of rotatable bonds is 8. The maximum absolute atomic E-state index is 12.5. The number of fused-ring (bicyclic) bond motifs is 1. The lowest BCUT2D eigenvalue weighted by molar-refractivity contribution is -0.120. The van der Waals surface area contributed by atoms with Crippen molar-refractivity contribution < 1.29 is 14.3 Å². The number of benzene rings is 2. The minimum absolute atomic E-state index is 0.0578. The quantitative estimate of drug-likeness (QED) is 0.338. The molecule has 0 atom stereocenters. The molecule has 1 N–H and O–H groups in total. The molecule has 170 valence electrons. The first-order chi connectivity index (χ1) is 16.0. The van der Waals surface area contributed by atoms with E-state index >= 15 is 0 Å². The first kappa shape index (κ1) is 23.3. The van der Waals surface area contributed by atoms with Crippen LogP contribution in [0.25, 0.3) is 10.9 Å². The zero-order valence-electron chi connectivity index (χ0n) is 18.2. The fourth-order valence-corrected chi connectivity index (χ4v) is 5.49. The summed E-state index contributed by atoms with van der Waals surface area (Å²) in [6.45, 7) is 2.36. The van der Waals surface area contributed by atoms with Gasteiger partial charge >= 0.3 is 0 Å². The van der Waals surface area contributed by atoms with Crippen molar-refractivity contribution in [3.8, 4) is 11.5 Å². The number of thiazole rings is 1. The van der Waals surface area contributed by atoms with Crippen LogP contribution in [0.2, 0.25) is 5.02 Å². The maximum Gasteiger partial charge on any atom is 0.225 e. The number of halogens is 1. The van der Waals surface area contributed by atoms with E-state index in [-0.39, 0.29) is 12.3 Å². The van der Waals surface area contributed by atoms with Gasteiger partial charge in [0.1, 0.15) is 11.4 Å². The average molecular weight is 501 g/mol. The maximum atomic E-state index is 12.5. The molecule has 2 aromatic carbocycles. The first-order valence-corrected chi connectivity index (χ1v) is 12.0. The normalized spacial score (nSPS) is 10.9. The first-order valence-electron chi connectivity index (χ1n) is 9.99. The van der Waals surface area contributed by atoms with Crippen molar-refractivity contribution in [2.45, 2.75) is 29.3 Å². The number of methoxy groups -OCH3 is 2. The van der Waals surface area contributed by atoms with Crippen molar-refractivity contribution in [2.24, 2.45) is 0 Å². The van der Waals surface area contributed by atoms with Gasteiger partial charge in [0, 0.05) is 27.9 Å². The lowest BCUT2D eigenvalue weighted by atomic mass is 10.2. The van der Waals surface area contributed by atoms with E-state index in [1.165, 1.54) is 29.4 Å². The highest BCUT2D eigenvalue weighted by Crippen LogP contribution is 2.38. The van der Waals surface area contributed by atoms with Crippen molar-refractivity contribution in [3.05, 3.63) is 63.9 Å². The summed E-state index contributed by atoms with van der Waals surface area (Å²) in [5.41, 5.74) is 2.58. The highest BCUT2D eigenvalue weighted by Gasteiger charge is 2.16. The van der Waals surface area contributed by atoms with E-state index in [0.717, 1.165) is 36.4 Å². The molecule has 10 heteroatoms. The number of hydrogen-bond donors (Lipinski definition) is 1. The number of ether oxygens (including phenoxy) is 2. The molecule has 0 aliphatic carbocycles. The van der Waals surface area contributed by atoms with Gasteiger partial charge in [0.2, 0.25) is 5.91 Å². The number of amides is 1. The summed E-state index contributed by atoms with van der Waals surface area (Å²) in [4.78, 5) is 26.8. The van der Waals surface area contributed by atoms with Crippen LogP contribution in [0.1, 0.15) is 16.1 Å². The van der Waals surface area contributed by atoms with E-state index in [4.69, 9.17) is 21.1 Å². The van der Waals surface area contributed by atoms with Gasteiger partial charge in [-0.05, 0) is 42.4 Å². The Morgan fingerprint density at radius 1 is 1.12 bits per heavy atom. The second kappa shape index (κ2) is 10.4. The zero-order valence-corrected chi connectivity index (χ0v) is 20.6. The summed E-state index contributed by atoms with van der Waals surface area (Å²) in [6.07, 6.45) is 1.79. The molecule has 2 aromatic heterocycles. The van der Waals surface area contributed by atoms with Crippen LogP contribution in [0.4, 0.5) is 0 Å². The molecular formula is C23H21ClN4O3S2. The van der Waals surface area contributed by atoms with Crippen molar-refractivity contribution in [1.29, 1.82) is 0 Å². The third kappa shape index (κ3) is 5.55. The van der Waals surface area contributed by atoms with Gasteiger partial charge in [-0.3, -0.25) is 4.79 Å². The van der Waals surface area contributed by atoms with Gasteiger partial charge in [-0.25, -0.2) is 15.0 Å². The molecule has 2 heterocycles. The molecule has 0 fully saturated rings. The van der Waals surface area contributed by atoms with Crippen LogP contribution in [0.5, 0.6) is 11.5 Å². The van der Waals surface area contributed by atoms with Crippen molar-refractivity contribution >= 4 is 51.5 Å². The van der Waals surface area contributed by atoms with Crippen molar-refractivity contribution in [3.63, 3.8) is 0 Å². The average Bonchev–Trinajstić information content (AvgIpc) is 3.16. The van der Waals surface area contributed by atoms with Gasteiger partial charge in [-0.15, -0.1) is 11.3 Å². The van der Waals surface area contributed by atoms with E-state index in [2.05, 4.69) is 20.3 Å². The molecule has 0 bridgehead atoms. The molecule has 33 heavy (non-hydrogen) atoms. The summed E-state index contributed by atoms with van der Waals surface area (Å²) in [6, 6.07) is 11.1. The minimum Gasteiger partial charge on any atom is -0.493 e. The fourth-order valence-electron chi connectivity index (χ4n) is 3.14. The van der Waals surface area contributed by atoms with E-state index < -0.39 is 0 Å². The summed E-state index contributed by atoms with van der Waals surface area (Å²) < 4.78 is 11.6. The molecule has 1 amide bonds. The van der Waals surface area contributed by atoms with Gasteiger partial charge in [-0.1, -0.05) is 23.7 Å². The topological polar surface area (TPSA) is 86.2 Å². The summed E-state index contributed by atoms with van der Waals surface area (Å²) in [5.74, 6) is 1.16. The minimum atomic E-state index is -0.0578. The number of carbonyl (C=O) groups excluding carboxylic acids is 1. The number of nitrogens with one attached hydrogen (secondary N) is 1. The number of aryl methyl sites for hydroxylation is 1. The lowest BCUT2D eigenvalue weighted by Crippen LogP contribution is -2.24. The molecule has 0 saturated carbocycles. The highest BCUT2D eigenvalue weighted by molar-refractivity contribution is 8.01. The van der Waals surface area contributed by atoms with Gasteiger partial charge in [0.05, 0.1) is 31.9 Å². The second-order valence-electron chi connectivity index (χ2n) is 7.07. The Hall–Kier alpha value is -2.88. The monoisotopic (exact) mass is 500 g/mol. The standard InChI is InChI=1S/C23H21ClN4O3S2/c1-13-20(10-21(29)25-11-14-4-6-15(24)7-5-14)32-23(28-13)33-22-16-8-18(30-2)19(31-3)9-17(16)26-12-27-22/h4-9,12H,10-11H2,1-3H3,(H,25,29). The summed E-state index contributed by atoms with van der Waals surface area (Å²) >= 11 is 8.83. The van der Waals surface area contributed by atoms with E-state index in [0.29, 0.717) is 23.1 Å². The van der Waals surface area contributed by atoms with Crippen LogP contribution in [0.15, 0.2) is 52.1 Å². The Bertz CT molecular complexity index is 1300. The van der Waals surface area contributed by atoms with E-state index in [1.807, 2.05) is 43.3 Å². The summed E-state index contributed by atoms with van der Waals surface area (Å²) in [7, 11) is 3.18. The SMILES string of the molecule is COc1cc2ncnc(Sc3nc(C)c(CC(=O)NCc4ccc(Cl)cc4)s3)c2cc1OC. The van der Waals surface area contributed by atoms with Crippen LogP contribution in [0, 0.1) is 6.92 Å². The molecule has 0 spiro atoms. The zero-order chi connectivity index (χ0) is 23.4. The van der Waals surface area contributed by atoms with Crippen LogP contribution in [-0.4, -0.2) is 35.1 Å². The molecular weight excluding hydrogens is 480 g/mol. The Morgan fingerprint density at radius 2 is 1.85 bits per heavy atom. The number of hydrogen-bond acceptors (Lipinski definition) is 8. The Morgan fingerprint density at radius 3 is 2.58 bits per heavy atom. The number of nitrogens with zero attached hydrogens (tertiary/aromatic N) is 3. The van der Waals surface area contributed by atoms with Crippen molar-refractivity contribution in [2.75, 3.05) is 14.2 Å². The number of carbonyl (C=O) groups is 1. The number of aromatic nitrogens is 3. The lowest BCUT2D eigenvalue weighted by Gasteiger charge is -2.10. The fraction of sp³-hybridized carbons (Fsp3) is 0.217. The molecule has 0 unspecified atom stereocenters. The van der Waals surface area contributed by atoms with Crippen LogP contribution < -0.4 is 14.8 Å². The Labute approximate surface area is 204 Å². The van der Waals surface area contributed by atoms with Crippen LogP contribution >= 0.6 is 34.7 Å². The third-order valence-electron chi connectivity index (χ3n) is 4.89. The van der Waals surface area contributed by atoms with Crippen LogP contribution in [0.3, 0.4) is 0 Å². The smallest absolute Gasteiger partial charge is 0.225 e. The van der Waals surface area contributed by atoms with Crippen molar-refractivity contribution in [1.82, 2.24) is 20.3 Å². The molecule has 0 saturated heterocycles. The van der Waals surface area contributed by atoms with Gasteiger partial charge in [0.25, 0.3) is 0 Å².